The van der Waals surface area contributed by atoms with Crippen molar-refractivity contribution in [1.82, 2.24) is 0 Å². The summed E-state index contributed by atoms with van der Waals surface area (Å²) < 4.78 is 190. The normalized spacial score (nSPS) is 12.9. The lowest BCUT2D eigenvalue weighted by molar-refractivity contribution is -0.138. The highest BCUT2D eigenvalue weighted by molar-refractivity contribution is 5.98. The van der Waals surface area contributed by atoms with Crippen LogP contribution in [0.2, 0.25) is 0 Å². The molecule has 438 valence electrons. The number of hydrogen-bond acceptors (Lipinski definition) is 4. The molecule has 9 aromatic carbocycles. The molecule has 0 aliphatic carbocycles. The van der Waals surface area contributed by atoms with Gasteiger partial charge in [-0.1, -0.05) is 133 Å². The molecule has 16 heteroatoms. The Bertz CT molecular complexity index is 3690. The van der Waals surface area contributed by atoms with E-state index in [4.69, 9.17) is 18.9 Å². The average Bonchev–Trinajstić information content (AvgIpc) is 3.10. The summed E-state index contributed by atoms with van der Waals surface area (Å²) in [5.41, 5.74) is 4.22. The van der Waals surface area contributed by atoms with Gasteiger partial charge in [-0.15, -0.1) is 0 Å². The number of methoxy groups -OCH3 is 4. The molecule has 0 saturated heterocycles. The first-order chi connectivity index (χ1) is 40.9. The quantitative estimate of drug-likeness (QED) is 0.0714. The molecular weight excluding hydrogens is 1130 g/mol. The van der Waals surface area contributed by atoms with Gasteiger partial charge in [0, 0.05) is 22.3 Å². The second-order valence-electron chi connectivity index (χ2n) is 19.5. The maximum absolute atomic E-state index is 14.0. The molecule has 4 nitrogen and oxygen atoms in total. The third-order valence-corrected chi connectivity index (χ3v) is 14.1. The number of rotatable bonds is 16. The van der Waals surface area contributed by atoms with Crippen LogP contribution in [0, 0.1) is 0 Å². The summed E-state index contributed by atoms with van der Waals surface area (Å²) in [5.74, 6) is 1.18. The summed E-state index contributed by atoms with van der Waals surface area (Å²) in [5, 5.41) is 0. The van der Waals surface area contributed by atoms with E-state index in [-0.39, 0.29) is 11.5 Å². The van der Waals surface area contributed by atoms with Crippen molar-refractivity contribution in [2.24, 2.45) is 0 Å². The zero-order valence-corrected chi connectivity index (χ0v) is 46.1. The molecule has 0 fully saturated rings. The topological polar surface area (TPSA) is 36.9 Å². The number of halogens is 12. The van der Waals surface area contributed by atoms with Crippen LogP contribution in [0.25, 0.3) is 46.6 Å². The minimum absolute atomic E-state index is 0.284. The van der Waals surface area contributed by atoms with E-state index in [0.717, 1.165) is 48.5 Å². The summed E-state index contributed by atoms with van der Waals surface area (Å²) in [6.45, 7) is 0. The van der Waals surface area contributed by atoms with E-state index in [1.54, 1.807) is 133 Å². The second kappa shape index (κ2) is 25.3. The van der Waals surface area contributed by atoms with Crippen LogP contribution in [0.4, 0.5) is 52.7 Å². The maximum Gasteiger partial charge on any atom is 0.416 e. The molecule has 9 rings (SSSR count). The van der Waals surface area contributed by atoms with E-state index >= 15 is 0 Å². The average molecular weight is 1180 g/mol. The van der Waals surface area contributed by atoms with E-state index in [1.165, 1.54) is 77.0 Å². The van der Waals surface area contributed by atoms with Gasteiger partial charge in [0.2, 0.25) is 0 Å². The van der Waals surface area contributed by atoms with E-state index < -0.39 is 47.0 Å². The zero-order chi connectivity index (χ0) is 61.6. The van der Waals surface area contributed by atoms with Crippen LogP contribution in [0.3, 0.4) is 0 Å². The molecule has 0 amide bonds. The second-order valence-corrected chi connectivity index (χ2v) is 19.5. The molecule has 0 aliphatic heterocycles. The maximum atomic E-state index is 14.0. The van der Waals surface area contributed by atoms with Gasteiger partial charge >= 0.3 is 24.7 Å². The standard InChI is InChI=1S/C70H50F12O4/c1-83-63-41-53(65(85-3)39-51(63)35-59(43-11-7-5-8-12-43)47-19-27-55(28-20-47)67(71,72)73)37-61(49-23-31-57(32-24-49)69(77,78)79)45-15-17-46(18-16-45)62(50-25-33-58(34-26-50)70(80,81)82)38-54-42-64(84-2)52(40-66(54)86-4)36-60(44-13-9-6-10-14-44)48-21-29-56(30-22-48)68(74,75)76/h5-42H,1-4H3/b59-35-,60-36+,61-37-,62-38-. The molecule has 0 aromatic heterocycles. The molecule has 86 heavy (non-hydrogen) atoms. The summed E-state index contributed by atoms with van der Waals surface area (Å²) >= 11 is 0. The van der Waals surface area contributed by atoms with Crippen LogP contribution in [0.5, 0.6) is 23.0 Å². The van der Waals surface area contributed by atoms with Crippen LogP contribution in [-0.2, 0) is 24.7 Å². The Hall–Kier alpha value is -9.70. The Labute approximate surface area is 487 Å². The number of benzene rings is 9. The van der Waals surface area contributed by atoms with Gasteiger partial charge in [-0.3, -0.25) is 0 Å². The Kier molecular flexibility index (Phi) is 17.9. The summed E-state index contributed by atoms with van der Waals surface area (Å²) in [6.07, 6.45) is -11.6. The van der Waals surface area contributed by atoms with E-state index in [9.17, 15) is 52.7 Å². The van der Waals surface area contributed by atoms with Crippen LogP contribution in [-0.4, -0.2) is 28.4 Å². The largest absolute Gasteiger partial charge is 0.496 e. The van der Waals surface area contributed by atoms with Gasteiger partial charge in [0.25, 0.3) is 0 Å². The van der Waals surface area contributed by atoms with Gasteiger partial charge in [0.05, 0.1) is 50.7 Å². The summed E-state index contributed by atoms with van der Waals surface area (Å²) in [6, 6.07) is 49.9. The molecule has 0 atom stereocenters. The number of alkyl halides is 12. The van der Waals surface area contributed by atoms with Crippen LogP contribution in [0.15, 0.2) is 206 Å². The fourth-order valence-electron chi connectivity index (χ4n) is 9.72. The Morgan fingerprint density at radius 2 is 0.407 bits per heavy atom. The molecule has 0 N–H and O–H groups in total. The third-order valence-electron chi connectivity index (χ3n) is 14.1. The Morgan fingerprint density at radius 1 is 0.244 bits per heavy atom. The Balaban J connectivity index is 1.18. The molecule has 0 saturated carbocycles. The van der Waals surface area contributed by atoms with Gasteiger partial charge in [0.15, 0.2) is 0 Å². The highest BCUT2D eigenvalue weighted by Gasteiger charge is 2.33. The first-order valence-electron chi connectivity index (χ1n) is 26.3. The lowest BCUT2D eigenvalue weighted by atomic mass is 9.90. The molecule has 0 unspecified atom stereocenters. The molecular formula is C70H50F12O4. The van der Waals surface area contributed by atoms with Gasteiger partial charge in [-0.2, -0.15) is 52.7 Å². The minimum Gasteiger partial charge on any atom is -0.496 e. The highest BCUT2D eigenvalue weighted by Crippen LogP contribution is 2.42. The molecule has 0 heterocycles. The molecule has 9 aromatic rings. The Morgan fingerprint density at radius 3 is 0.570 bits per heavy atom. The van der Waals surface area contributed by atoms with E-state index in [1.807, 2.05) is 0 Å². The summed E-state index contributed by atoms with van der Waals surface area (Å²) in [7, 11) is 5.69. The van der Waals surface area contributed by atoms with Crippen molar-refractivity contribution in [1.29, 1.82) is 0 Å². The SMILES string of the molecule is COc1cc(/C=C(/c2ccc(/C(=C/c3cc(OC)c(/C=C(\c4ccccc4)c4ccc(C(F)(F)F)cc4)cc3OC)c3ccc(C(F)(F)F)cc3)cc2)c2ccc(C(F)(F)F)cc2)c(OC)cc1/C=C(/c1ccccc1)c1ccc(C(F)(F)F)cc1. The first-order valence-corrected chi connectivity index (χ1v) is 26.3. The zero-order valence-electron chi connectivity index (χ0n) is 46.1. The van der Waals surface area contributed by atoms with Crippen LogP contribution < -0.4 is 18.9 Å². The third kappa shape index (κ3) is 14.1. The monoisotopic (exact) mass is 1180 g/mol. The van der Waals surface area contributed by atoms with E-state index in [2.05, 4.69) is 0 Å². The highest BCUT2D eigenvalue weighted by atomic mass is 19.4. The minimum atomic E-state index is -4.66. The van der Waals surface area contributed by atoms with Gasteiger partial charge in [-0.05, 0) is 164 Å². The van der Waals surface area contributed by atoms with Crippen molar-refractivity contribution in [3.05, 3.63) is 295 Å². The van der Waals surface area contributed by atoms with E-state index in [0.29, 0.717) is 101 Å². The number of ether oxygens (including phenoxy) is 4. The number of hydrogen-bond donors (Lipinski definition) is 0. The summed E-state index contributed by atoms with van der Waals surface area (Å²) in [4.78, 5) is 0. The van der Waals surface area contributed by atoms with Crippen molar-refractivity contribution < 1.29 is 71.6 Å². The fraction of sp³-hybridized carbons (Fsp3) is 0.114. The molecule has 0 aliphatic rings. The van der Waals surface area contributed by atoms with Gasteiger partial charge in [-0.25, -0.2) is 0 Å². The smallest absolute Gasteiger partial charge is 0.416 e. The lowest BCUT2D eigenvalue weighted by Gasteiger charge is -2.17. The van der Waals surface area contributed by atoms with Crippen molar-refractivity contribution in [3.8, 4) is 23.0 Å². The predicted molar refractivity (Wildman–Crippen MR) is 312 cm³/mol. The fourth-order valence-corrected chi connectivity index (χ4v) is 9.72. The van der Waals surface area contributed by atoms with Crippen molar-refractivity contribution in [2.75, 3.05) is 28.4 Å². The van der Waals surface area contributed by atoms with Gasteiger partial charge < -0.3 is 18.9 Å². The van der Waals surface area contributed by atoms with Crippen molar-refractivity contribution in [2.45, 2.75) is 24.7 Å². The van der Waals surface area contributed by atoms with Crippen LogP contribution >= 0.6 is 0 Å². The van der Waals surface area contributed by atoms with Crippen molar-refractivity contribution >= 4 is 46.6 Å². The predicted octanol–water partition coefficient (Wildman–Crippen LogP) is 20.2. The molecule has 0 spiro atoms. The lowest BCUT2D eigenvalue weighted by Crippen LogP contribution is -2.04. The first kappa shape index (κ1) is 60.9. The van der Waals surface area contributed by atoms with Crippen LogP contribution in [0.1, 0.15) is 89.0 Å². The molecule has 0 bridgehead atoms. The van der Waals surface area contributed by atoms with Crippen molar-refractivity contribution in [3.63, 3.8) is 0 Å². The van der Waals surface area contributed by atoms with Gasteiger partial charge in [0.1, 0.15) is 23.0 Å². The molecule has 0 radical (unpaired) electrons.